The minimum absolute atomic E-state index is 0.0380. The molecule has 21 heavy (non-hydrogen) atoms. The van der Waals surface area contributed by atoms with Crippen LogP contribution in [0.3, 0.4) is 0 Å². The smallest absolute Gasteiger partial charge is 0.137 e. The van der Waals surface area contributed by atoms with Crippen LogP contribution in [0.15, 0.2) is 24.5 Å². The molecule has 2 rings (SSSR count). The van der Waals surface area contributed by atoms with Gasteiger partial charge in [0.25, 0.3) is 0 Å². The van der Waals surface area contributed by atoms with Gasteiger partial charge in [0, 0.05) is 11.8 Å². The Hall–Kier alpha value is -0.810. The van der Waals surface area contributed by atoms with E-state index >= 15 is 0 Å². The minimum Gasteiger partial charge on any atom is -0.492 e. The van der Waals surface area contributed by atoms with Crippen molar-refractivity contribution in [2.24, 2.45) is 0 Å². The van der Waals surface area contributed by atoms with E-state index in [-0.39, 0.29) is 6.04 Å². The number of hydrogen-bond acceptors (Lipinski definition) is 4. The third kappa shape index (κ3) is 4.33. The Morgan fingerprint density at radius 2 is 2.10 bits per heavy atom. The predicted molar refractivity (Wildman–Crippen MR) is 89.9 cm³/mol. The molecule has 114 valence electrons. The largest absolute Gasteiger partial charge is 0.492 e. The number of pyridine rings is 1. The van der Waals surface area contributed by atoms with Gasteiger partial charge in [-0.1, -0.05) is 37.0 Å². The number of nitrogens with zero attached hydrogens (tertiary/aromatic N) is 1. The van der Waals surface area contributed by atoms with E-state index in [1.54, 1.807) is 6.20 Å². The lowest BCUT2D eigenvalue weighted by Gasteiger charge is -2.18. The molecule has 0 radical (unpaired) electrons. The highest BCUT2D eigenvalue weighted by Crippen LogP contribution is 2.37. The highest BCUT2D eigenvalue weighted by Gasteiger charge is 2.19. The first-order chi connectivity index (χ1) is 10.2. The highest BCUT2D eigenvalue weighted by atomic mass is 35.5. The summed E-state index contributed by atoms with van der Waals surface area (Å²) in [5.41, 5.74) is 1.99. The number of hydrogen-bond donors (Lipinski definition) is 1. The topological polar surface area (TPSA) is 34.1 Å². The summed E-state index contributed by atoms with van der Waals surface area (Å²) in [6.45, 7) is 5.63. The van der Waals surface area contributed by atoms with E-state index in [2.05, 4.69) is 24.1 Å². The van der Waals surface area contributed by atoms with Gasteiger partial charge in [-0.05, 0) is 30.7 Å². The summed E-state index contributed by atoms with van der Waals surface area (Å²) in [7, 11) is 0. The molecular formula is C15H18Cl2N2OS. The second-order valence-electron chi connectivity index (χ2n) is 4.57. The van der Waals surface area contributed by atoms with Gasteiger partial charge in [-0.15, -0.1) is 11.3 Å². The van der Waals surface area contributed by atoms with Crippen molar-refractivity contribution in [1.29, 1.82) is 0 Å². The summed E-state index contributed by atoms with van der Waals surface area (Å²) in [6, 6.07) is 3.86. The average molecular weight is 345 g/mol. The van der Waals surface area contributed by atoms with Crippen molar-refractivity contribution in [3.8, 4) is 5.75 Å². The molecule has 0 saturated heterocycles. The summed E-state index contributed by atoms with van der Waals surface area (Å²) in [6.07, 6.45) is 4.52. The molecule has 6 heteroatoms. The maximum atomic E-state index is 6.29. The normalized spacial score (nSPS) is 12.4. The van der Waals surface area contributed by atoms with E-state index in [1.807, 2.05) is 18.3 Å². The molecule has 0 aromatic carbocycles. The standard InChI is InChI=1S/C15H18Cl2N2OS/c1-3-5-20-11-6-10(8-18-9-11)14(19-4-2)12-7-13(16)21-15(12)17/h6-9,14,19H,3-5H2,1-2H3. The Morgan fingerprint density at radius 1 is 1.29 bits per heavy atom. The molecule has 1 atom stereocenters. The van der Waals surface area contributed by atoms with Crippen LogP contribution < -0.4 is 10.1 Å². The van der Waals surface area contributed by atoms with Crippen molar-refractivity contribution in [3.05, 3.63) is 44.3 Å². The number of halogens is 2. The molecule has 0 aliphatic carbocycles. The van der Waals surface area contributed by atoms with E-state index in [1.165, 1.54) is 11.3 Å². The Balaban J connectivity index is 2.31. The molecule has 2 heterocycles. The zero-order valence-electron chi connectivity index (χ0n) is 12.0. The zero-order valence-corrected chi connectivity index (χ0v) is 14.4. The van der Waals surface area contributed by atoms with Crippen LogP contribution in [0.25, 0.3) is 0 Å². The van der Waals surface area contributed by atoms with Gasteiger partial charge < -0.3 is 10.1 Å². The fourth-order valence-corrected chi connectivity index (χ4v) is 3.59. The summed E-state index contributed by atoms with van der Waals surface area (Å²) in [4.78, 5) is 4.26. The first-order valence-corrected chi connectivity index (χ1v) is 8.48. The van der Waals surface area contributed by atoms with E-state index in [9.17, 15) is 0 Å². The van der Waals surface area contributed by atoms with Crippen LogP contribution in [0.2, 0.25) is 8.67 Å². The van der Waals surface area contributed by atoms with Gasteiger partial charge in [0.1, 0.15) is 5.75 Å². The highest BCUT2D eigenvalue weighted by molar-refractivity contribution is 7.20. The molecule has 3 nitrogen and oxygen atoms in total. The molecule has 2 aromatic heterocycles. The van der Waals surface area contributed by atoms with Crippen LogP contribution in [-0.2, 0) is 0 Å². The fraction of sp³-hybridized carbons (Fsp3) is 0.400. The van der Waals surface area contributed by atoms with Crippen LogP contribution in [0.5, 0.6) is 5.75 Å². The fourth-order valence-electron chi connectivity index (χ4n) is 2.05. The Kier molecular flexibility index (Phi) is 6.30. The molecule has 0 aliphatic heterocycles. The van der Waals surface area contributed by atoms with Crippen molar-refractivity contribution < 1.29 is 4.74 Å². The summed E-state index contributed by atoms with van der Waals surface area (Å²) >= 11 is 13.7. The number of aromatic nitrogens is 1. The average Bonchev–Trinajstić information content (AvgIpc) is 2.81. The maximum absolute atomic E-state index is 6.29. The van der Waals surface area contributed by atoms with Crippen LogP contribution in [-0.4, -0.2) is 18.1 Å². The third-order valence-electron chi connectivity index (χ3n) is 2.94. The molecule has 1 unspecified atom stereocenters. The van der Waals surface area contributed by atoms with E-state index in [0.717, 1.165) is 29.8 Å². The first-order valence-electron chi connectivity index (χ1n) is 6.91. The van der Waals surface area contributed by atoms with Gasteiger partial charge in [-0.3, -0.25) is 4.98 Å². The number of rotatable bonds is 7. The van der Waals surface area contributed by atoms with Crippen molar-refractivity contribution >= 4 is 34.5 Å². The first kappa shape index (κ1) is 16.6. The number of ether oxygens (including phenoxy) is 1. The van der Waals surface area contributed by atoms with Gasteiger partial charge in [0.2, 0.25) is 0 Å². The second kappa shape index (κ2) is 7.99. The molecule has 0 saturated carbocycles. The van der Waals surface area contributed by atoms with Crippen LogP contribution >= 0.6 is 34.5 Å². The van der Waals surface area contributed by atoms with Gasteiger partial charge in [0.05, 0.1) is 27.5 Å². The quantitative estimate of drug-likeness (QED) is 0.772. The van der Waals surface area contributed by atoms with Crippen molar-refractivity contribution in [2.75, 3.05) is 13.2 Å². The molecule has 0 spiro atoms. The van der Waals surface area contributed by atoms with Crippen molar-refractivity contribution in [3.63, 3.8) is 0 Å². The SMILES string of the molecule is CCCOc1cncc(C(NCC)c2cc(Cl)sc2Cl)c1. The van der Waals surface area contributed by atoms with Crippen LogP contribution in [0, 0.1) is 0 Å². The molecule has 0 fully saturated rings. The summed E-state index contributed by atoms with van der Waals surface area (Å²) < 4.78 is 7.03. The second-order valence-corrected chi connectivity index (χ2v) is 6.86. The maximum Gasteiger partial charge on any atom is 0.137 e. The Morgan fingerprint density at radius 3 is 2.71 bits per heavy atom. The number of nitrogens with one attached hydrogen (secondary N) is 1. The molecule has 0 bridgehead atoms. The molecule has 1 N–H and O–H groups in total. The van der Waals surface area contributed by atoms with Gasteiger partial charge >= 0.3 is 0 Å². The lowest BCUT2D eigenvalue weighted by molar-refractivity contribution is 0.315. The Labute approximate surface area is 139 Å². The molecule has 0 amide bonds. The van der Waals surface area contributed by atoms with E-state index < -0.39 is 0 Å². The summed E-state index contributed by atoms with van der Waals surface area (Å²) in [5.74, 6) is 0.773. The van der Waals surface area contributed by atoms with Gasteiger partial charge in [-0.25, -0.2) is 0 Å². The minimum atomic E-state index is -0.0380. The lowest BCUT2D eigenvalue weighted by Crippen LogP contribution is -2.22. The number of thiophene rings is 1. The molecule has 2 aromatic rings. The lowest BCUT2D eigenvalue weighted by atomic mass is 10.0. The van der Waals surface area contributed by atoms with Crippen molar-refractivity contribution in [2.45, 2.75) is 26.3 Å². The van der Waals surface area contributed by atoms with E-state index in [4.69, 9.17) is 27.9 Å². The van der Waals surface area contributed by atoms with Crippen LogP contribution in [0.1, 0.15) is 37.4 Å². The van der Waals surface area contributed by atoms with Gasteiger partial charge in [-0.2, -0.15) is 0 Å². The monoisotopic (exact) mass is 344 g/mol. The Bertz CT molecular complexity index is 589. The third-order valence-corrected chi connectivity index (χ3v) is 4.46. The van der Waals surface area contributed by atoms with E-state index in [0.29, 0.717) is 15.3 Å². The van der Waals surface area contributed by atoms with Gasteiger partial charge in [0.15, 0.2) is 0 Å². The molecule has 0 aliphatic rings. The molecular weight excluding hydrogens is 327 g/mol. The zero-order chi connectivity index (χ0) is 15.2. The summed E-state index contributed by atoms with van der Waals surface area (Å²) in [5, 5.41) is 3.42. The van der Waals surface area contributed by atoms with Crippen LogP contribution in [0.4, 0.5) is 0 Å². The predicted octanol–water partition coefficient (Wildman–Crippen LogP) is 4.94. The van der Waals surface area contributed by atoms with Crippen molar-refractivity contribution in [1.82, 2.24) is 10.3 Å².